The van der Waals surface area contributed by atoms with E-state index in [0.29, 0.717) is 12.5 Å². The zero-order chi connectivity index (χ0) is 18.4. The summed E-state index contributed by atoms with van der Waals surface area (Å²) in [5.74, 6) is 0.658. The number of nitrogens with zero attached hydrogens (tertiary/aromatic N) is 1. The number of hydrogen-bond donors (Lipinski definition) is 1. The molecule has 1 fully saturated rings. The topological polar surface area (TPSA) is 32.3 Å². The minimum atomic E-state index is 0.125. The molecule has 26 heavy (non-hydrogen) atoms. The molecule has 1 aliphatic rings. The fourth-order valence-electron chi connectivity index (χ4n) is 3.52. The first-order chi connectivity index (χ1) is 12.6. The molecular weight excluding hydrogens is 344 g/mol. The average Bonchev–Trinajstić information content (AvgIpc) is 2.69. The van der Waals surface area contributed by atoms with Crippen LogP contribution in [-0.4, -0.2) is 30.4 Å². The van der Waals surface area contributed by atoms with Crippen molar-refractivity contribution in [3.8, 4) is 0 Å². The molecule has 0 spiro atoms. The number of hydrogen-bond acceptors (Lipinski definition) is 2. The molecule has 0 aromatic heterocycles. The Bertz CT molecular complexity index is 711. The van der Waals surface area contributed by atoms with Crippen LogP contribution in [0.5, 0.6) is 0 Å². The van der Waals surface area contributed by atoms with Gasteiger partial charge in [0.25, 0.3) is 0 Å². The van der Waals surface area contributed by atoms with Gasteiger partial charge in [-0.2, -0.15) is 0 Å². The molecular formula is C22H27ClN2O. The quantitative estimate of drug-likeness (QED) is 0.813. The number of carbonyl (C=O) groups excluding carboxylic acids is 1. The fourth-order valence-corrected chi connectivity index (χ4v) is 3.71. The van der Waals surface area contributed by atoms with Crippen LogP contribution in [0.3, 0.4) is 0 Å². The Kier molecular flexibility index (Phi) is 6.70. The summed E-state index contributed by atoms with van der Waals surface area (Å²) < 4.78 is 0. The molecule has 1 heterocycles. The predicted octanol–water partition coefficient (Wildman–Crippen LogP) is 4.47. The molecule has 138 valence electrons. The Morgan fingerprint density at radius 3 is 2.46 bits per heavy atom. The van der Waals surface area contributed by atoms with Gasteiger partial charge in [-0.25, -0.2) is 0 Å². The molecule has 1 saturated heterocycles. The lowest BCUT2D eigenvalue weighted by Crippen LogP contribution is -2.41. The van der Waals surface area contributed by atoms with Gasteiger partial charge in [-0.15, -0.1) is 0 Å². The zero-order valence-corrected chi connectivity index (χ0v) is 16.1. The maximum Gasteiger partial charge on any atom is 0.223 e. The van der Waals surface area contributed by atoms with Gasteiger partial charge >= 0.3 is 0 Å². The number of likely N-dealkylation sites (tertiary alicyclic amines) is 1. The molecule has 0 radical (unpaired) electrons. The van der Waals surface area contributed by atoms with Gasteiger partial charge < -0.3 is 5.32 Å². The number of piperidine rings is 1. The Labute approximate surface area is 161 Å². The van der Waals surface area contributed by atoms with Crippen molar-refractivity contribution in [2.45, 2.75) is 32.2 Å². The van der Waals surface area contributed by atoms with E-state index >= 15 is 0 Å². The standard InChI is InChI=1S/C22H27ClN2O/c1-17(18-7-3-2-4-8-18)15-24-22(26)19-11-13-25(14-12-19)16-20-9-5-6-10-21(20)23/h2-10,17,19H,11-16H2,1H3,(H,24,26)/t17-/m1/s1. The van der Waals surface area contributed by atoms with E-state index in [1.807, 2.05) is 36.4 Å². The summed E-state index contributed by atoms with van der Waals surface area (Å²) in [4.78, 5) is 14.9. The summed E-state index contributed by atoms with van der Waals surface area (Å²) in [6.45, 7) is 5.60. The maximum absolute atomic E-state index is 12.5. The fraction of sp³-hybridized carbons (Fsp3) is 0.409. The van der Waals surface area contributed by atoms with Gasteiger partial charge in [0.2, 0.25) is 5.91 Å². The summed E-state index contributed by atoms with van der Waals surface area (Å²) in [5.41, 5.74) is 2.43. The lowest BCUT2D eigenvalue weighted by atomic mass is 9.95. The van der Waals surface area contributed by atoms with Crippen LogP contribution in [-0.2, 0) is 11.3 Å². The highest BCUT2D eigenvalue weighted by molar-refractivity contribution is 6.31. The smallest absolute Gasteiger partial charge is 0.223 e. The molecule has 3 nitrogen and oxygen atoms in total. The molecule has 0 aliphatic carbocycles. The molecule has 1 atom stereocenters. The van der Waals surface area contributed by atoms with Crippen LogP contribution >= 0.6 is 11.6 Å². The van der Waals surface area contributed by atoms with Crippen molar-refractivity contribution in [1.29, 1.82) is 0 Å². The van der Waals surface area contributed by atoms with Crippen molar-refractivity contribution in [2.24, 2.45) is 5.92 Å². The van der Waals surface area contributed by atoms with Crippen molar-refractivity contribution in [3.63, 3.8) is 0 Å². The molecule has 2 aromatic carbocycles. The normalized spacial score (nSPS) is 17.0. The Morgan fingerprint density at radius 2 is 1.77 bits per heavy atom. The number of carbonyl (C=O) groups is 1. The molecule has 1 amide bonds. The van der Waals surface area contributed by atoms with Crippen LogP contribution in [0.25, 0.3) is 0 Å². The summed E-state index contributed by atoms with van der Waals surface area (Å²) >= 11 is 6.25. The third-order valence-electron chi connectivity index (χ3n) is 5.26. The lowest BCUT2D eigenvalue weighted by molar-refractivity contribution is -0.126. The predicted molar refractivity (Wildman–Crippen MR) is 107 cm³/mol. The molecule has 0 unspecified atom stereocenters. The second-order valence-electron chi connectivity index (χ2n) is 7.20. The minimum absolute atomic E-state index is 0.125. The lowest BCUT2D eigenvalue weighted by Gasteiger charge is -2.31. The Hall–Kier alpha value is -1.84. The zero-order valence-electron chi connectivity index (χ0n) is 15.3. The molecule has 3 rings (SSSR count). The monoisotopic (exact) mass is 370 g/mol. The van der Waals surface area contributed by atoms with Crippen LogP contribution in [0.2, 0.25) is 5.02 Å². The van der Waals surface area contributed by atoms with Crippen LogP contribution in [0.15, 0.2) is 54.6 Å². The van der Waals surface area contributed by atoms with Gasteiger partial charge in [0.15, 0.2) is 0 Å². The summed E-state index contributed by atoms with van der Waals surface area (Å²) in [6, 6.07) is 18.3. The SMILES string of the molecule is C[C@H](CNC(=O)C1CCN(Cc2ccccc2Cl)CC1)c1ccccc1. The largest absolute Gasteiger partial charge is 0.355 e. The van der Waals surface area contributed by atoms with Crippen LogP contribution in [0, 0.1) is 5.92 Å². The second kappa shape index (κ2) is 9.20. The number of amides is 1. The molecule has 0 saturated carbocycles. The first-order valence-corrected chi connectivity index (χ1v) is 9.79. The van der Waals surface area contributed by atoms with Gasteiger partial charge in [0.1, 0.15) is 0 Å². The number of halogens is 1. The third-order valence-corrected chi connectivity index (χ3v) is 5.63. The van der Waals surface area contributed by atoms with Gasteiger partial charge in [-0.05, 0) is 49.0 Å². The van der Waals surface area contributed by atoms with E-state index in [2.05, 4.69) is 35.3 Å². The van der Waals surface area contributed by atoms with E-state index in [1.54, 1.807) is 0 Å². The average molecular weight is 371 g/mol. The van der Waals surface area contributed by atoms with Gasteiger partial charge in [0.05, 0.1) is 0 Å². The van der Waals surface area contributed by atoms with E-state index in [9.17, 15) is 4.79 Å². The molecule has 4 heteroatoms. The van der Waals surface area contributed by atoms with Crippen molar-refractivity contribution < 1.29 is 4.79 Å². The Balaban J connectivity index is 1.43. The first kappa shape index (κ1) is 18.9. The highest BCUT2D eigenvalue weighted by Crippen LogP contribution is 2.22. The van der Waals surface area contributed by atoms with Gasteiger partial charge in [-0.1, -0.05) is 67.1 Å². The molecule has 0 bridgehead atoms. The van der Waals surface area contributed by atoms with Crippen LogP contribution in [0.1, 0.15) is 36.8 Å². The van der Waals surface area contributed by atoms with Crippen molar-refractivity contribution in [2.75, 3.05) is 19.6 Å². The molecule has 1 N–H and O–H groups in total. The molecule has 1 aliphatic heterocycles. The van der Waals surface area contributed by atoms with E-state index < -0.39 is 0 Å². The van der Waals surface area contributed by atoms with Crippen molar-refractivity contribution in [3.05, 3.63) is 70.7 Å². The molecule has 2 aromatic rings. The van der Waals surface area contributed by atoms with E-state index in [1.165, 1.54) is 5.56 Å². The first-order valence-electron chi connectivity index (χ1n) is 9.42. The second-order valence-corrected chi connectivity index (χ2v) is 7.61. The summed E-state index contributed by atoms with van der Waals surface area (Å²) in [6.07, 6.45) is 1.83. The minimum Gasteiger partial charge on any atom is -0.355 e. The Morgan fingerprint density at radius 1 is 1.12 bits per heavy atom. The van der Waals surface area contributed by atoms with E-state index in [0.717, 1.165) is 43.1 Å². The van der Waals surface area contributed by atoms with Gasteiger partial charge in [0, 0.05) is 24.0 Å². The highest BCUT2D eigenvalue weighted by Gasteiger charge is 2.25. The number of benzene rings is 2. The number of nitrogens with one attached hydrogen (secondary N) is 1. The van der Waals surface area contributed by atoms with E-state index in [-0.39, 0.29) is 11.8 Å². The van der Waals surface area contributed by atoms with Crippen molar-refractivity contribution in [1.82, 2.24) is 10.2 Å². The van der Waals surface area contributed by atoms with E-state index in [4.69, 9.17) is 11.6 Å². The van der Waals surface area contributed by atoms with Crippen LogP contribution < -0.4 is 5.32 Å². The number of rotatable bonds is 6. The highest BCUT2D eigenvalue weighted by atomic mass is 35.5. The van der Waals surface area contributed by atoms with Crippen LogP contribution in [0.4, 0.5) is 0 Å². The summed E-state index contributed by atoms with van der Waals surface area (Å²) in [7, 11) is 0. The summed E-state index contributed by atoms with van der Waals surface area (Å²) in [5, 5.41) is 3.97. The van der Waals surface area contributed by atoms with Gasteiger partial charge in [-0.3, -0.25) is 9.69 Å². The maximum atomic E-state index is 12.5. The third kappa shape index (κ3) is 5.09. The van der Waals surface area contributed by atoms with Crippen molar-refractivity contribution >= 4 is 17.5 Å².